The average Bonchev–Trinajstić information content (AvgIpc) is 1.24. The van der Waals surface area contributed by atoms with Gasteiger partial charge in [0, 0.05) is 22.3 Å². The Bertz CT molecular complexity index is 2600. The molecule has 20 heteroatoms. The van der Waals surface area contributed by atoms with E-state index in [9.17, 15) is 48.3 Å². The fraction of sp³-hybridized carbons (Fsp3) is 0.444. The first-order valence-electron chi connectivity index (χ1n) is 29.6. The van der Waals surface area contributed by atoms with Gasteiger partial charge in [0.15, 0.2) is 40.7 Å². The summed E-state index contributed by atoms with van der Waals surface area (Å²) in [5.74, 6) is -13.2. The maximum absolute atomic E-state index is 14.2. The topological polar surface area (TPSA) is 0 Å². The monoisotopic (exact) mass is 1640 g/mol. The van der Waals surface area contributed by atoms with Crippen LogP contribution in [0.15, 0.2) is 115 Å². The van der Waals surface area contributed by atoms with Crippen molar-refractivity contribution in [1.29, 1.82) is 0 Å². The Morgan fingerprint density at radius 1 is 0.326 bits per heavy atom. The zero-order chi connectivity index (χ0) is 62.7. The third-order valence-corrected chi connectivity index (χ3v) is 17.8. The zero-order valence-electron chi connectivity index (χ0n) is 53.9. The molecule has 0 heterocycles. The molecule has 6 saturated carbocycles. The van der Waals surface area contributed by atoms with Gasteiger partial charge in [0.1, 0.15) is 17.5 Å². The zero-order valence-corrected chi connectivity index (χ0v) is 65.8. The Morgan fingerprint density at radius 2 is 0.609 bits per heavy atom. The number of rotatable bonds is 4. The van der Waals surface area contributed by atoms with Crippen molar-refractivity contribution in [3.63, 3.8) is 0 Å². The normalized spacial score (nSPS) is 24.7. The summed E-state index contributed by atoms with van der Waals surface area (Å²) in [6, 6.07) is 4.12. The van der Waals surface area contributed by atoms with Crippen LogP contribution in [0.4, 0.5) is 48.3 Å². The fourth-order valence-corrected chi connectivity index (χ4v) is 13.6. The first-order chi connectivity index (χ1) is 41.5. The van der Waals surface area contributed by atoms with E-state index in [4.69, 9.17) is 51.1 Å². The van der Waals surface area contributed by atoms with E-state index >= 15 is 0 Å². The minimum absolute atomic E-state index is 0. The quantitative estimate of drug-likeness (QED) is 0.106. The number of hydrogen-bond donors (Lipinski definition) is 0. The van der Waals surface area contributed by atoms with Crippen molar-refractivity contribution in [2.24, 2.45) is 53.3 Å². The van der Waals surface area contributed by atoms with Crippen LogP contribution in [0.5, 0.6) is 0 Å². The summed E-state index contributed by atoms with van der Waals surface area (Å²) in [5, 5.41) is 0. The summed E-state index contributed by atoms with van der Waals surface area (Å²) in [4.78, 5) is 0. The third kappa shape index (κ3) is 27.0. The molecule has 0 nitrogen and oxygen atoms in total. The van der Waals surface area contributed by atoms with Gasteiger partial charge in [-0.05, 0) is 142 Å². The van der Waals surface area contributed by atoms with Crippen molar-refractivity contribution < 1.29 is 111 Å². The molecule has 10 aliphatic carbocycles. The molecule has 510 valence electrons. The van der Waals surface area contributed by atoms with Crippen LogP contribution in [-0.4, -0.2) is 0 Å². The summed E-state index contributed by atoms with van der Waals surface area (Å²) in [5.41, 5.74) is -1.16. The van der Waals surface area contributed by atoms with Gasteiger partial charge in [-0.25, -0.2) is 48.3 Å². The molecule has 92 heavy (non-hydrogen) atoms. The molecule has 0 aromatic heterocycles. The van der Waals surface area contributed by atoms with Crippen LogP contribution < -0.4 is 0 Å². The predicted molar refractivity (Wildman–Crippen MR) is 359 cm³/mol. The molecule has 6 fully saturated rings. The maximum atomic E-state index is 14.2. The van der Waals surface area contributed by atoms with E-state index in [2.05, 4.69) is 48.6 Å². The van der Waals surface area contributed by atoms with E-state index in [-0.39, 0.29) is 79.4 Å². The Balaban J connectivity index is 0. The van der Waals surface area contributed by atoms with Gasteiger partial charge in [0.2, 0.25) is 5.82 Å². The molecule has 0 aliphatic heterocycles. The second kappa shape index (κ2) is 50.5. The van der Waals surface area contributed by atoms with E-state index in [1.165, 1.54) is 102 Å². The molecule has 0 bridgehead atoms. The van der Waals surface area contributed by atoms with Crippen molar-refractivity contribution in [1.82, 2.24) is 0 Å². The Morgan fingerprint density at radius 3 is 0.978 bits per heavy atom. The van der Waals surface area contributed by atoms with E-state index < -0.39 is 149 Å². The first kappa shape index (κ1) is 93.3. The van der Waals surface area contributed by atoms with Crippen LogP contribution in [0.25, 0.3) is 0 Å². The van der Waals surface area contributed by atoms with Crippen LogP contribution in [0.1, 0.15) is 156 Å². The molecule has 0 saturated heterocycles. The van der Waals surface area contributed by atoms with Gasteiger partial charge in [0.05, 0.1) is 0 Å². The summed E-state index contributed by atoms with van der Waals surface area (Å²) in [6.07, 6.45) is 57.0. The van der Waals surface area contributed by atoms with E-state index in [0.717, 1.165) is 38.0 Å². The molecule has 3 aromatic rings. The third-order valence-electron chi connectivity index (χ3n) is 17.8. The summed E-state index contributed by atoms with van der Waals surface area (Å²) < 4.78 is 150. The molecule has 3 aromatic carbocycles. The standard InChI is InChI=1S/C16H14F4.C16H16F2.C15H11F5.C9H12.2C5H10.6CH3.6ClH.3Zr/c1-8-13(17)12(15(19)16(20)14(8)18)11-7-6-9-4-2-3-5-10(9)11;17-15-6-3-7-16(18)14(15)10-12-9-8-11-4-1-2-5-13(11)12;16-11-10(12(17)14(19)15(20)13(11)18)9-6-5-7-3-1-2-4-8(7)9;1-2-5-9-7-3-6-8(9)4-1;2*1-2-4-5-3-1;;;;;;;;;;;;;;;/h2-5,9-11H,6-7H2,1H3;1-7,11-13H,8-10H2;1-4,7-9H,5-6H2;1-2,4-5,8-9H,3,6-7H2;2*1-5H2;6*1H3;6*1H;;;/q;;;;;;6*-1;;;;;;;3*+4/p-6. The van der Waals surface area contributed by atoms with E-state index in [0.29, 0.717) is 43.4 Å². The number of hydrogen-bond acceptors (Lipinski definition) is 0. The van der Waals surface area contributed by atoms with Gasteiger partial charge >= 0.3 is 114 Å². The van der Waals surface area contributed by atoms with E-state index in [1.807, 2.05) is 36.5 Å². The predicted octanol–water partition coefficient (Wildman–Crippen LogP) is 26.9. The second-order valence-electron chi connectivity index (χ2n) is 22.7. The van der Waals surface area contributed by atoms with Crippen LogP contribution in [0, 0.1) is 169 Å². The molecule has 11 atom stereocenters. The second-order valence-corrected chi connectivity index (χ2v) is 33.9. The van der Waals surface area contributed by atoms with Gasteiger partial charge in [-0.1, -0.05) is 174 Å². The van der Waals surface area contributed by atoms with Crippen LogP contribution in [0.3, 0.4) is 0 Å². The summed E-state index contributed by atoms with van der Waals surface area (Å²) >= 11 is -2.48. The van der Waals surface area contributed by atoms with Crippen LogP contribution in [0.2, 0.25) is 0 Å². The van der Waals surface area contributed by atoms with Gasteiger partial charge in [-0.15, -0.1) is 0 Å². The molecule has 13 rings (SSSR count). The summed E-state index contributed by atoms with van der Waals surface area (Å²) in [7, 11) is 29.6. The van der Waals surface area contributed by atoms with Crippen molar-refractivity contribution in [3.8, 4) is 0 Å². The Kier molecular flexibility index (Phi) is 51.2. The van der Waals surface area contributed by atoms with Gasteiger partial charge in [-0.3, -0.25) is 0 Å². The van der Waals surface area contributed by atoms with Crippen molar-refractivity contribution in [3.05, 3.63) is 246 Å². The van der Waals surface area contributed by atoms with E-state index in [1.54, 1.807) is 12.2 Å². The molecular weight excluding hydrogens is 1560 g/mol. The number of benzene rings is 3. The minimum atomic E-state index is -2.10. The molecule has 11 unspecified atom stereocenters. The Labute approximate surface area is 602 Å². The number of halogens is 17. The van der Waals surface area contributed by atoms with Gasteiger partial charge < -0.3 is 44.6 Å². The Hall–Kier alpha value is -0.801. The van der Waals surface area contributed by atoms with Gasteiger partial charge in [-0.2, -0.15) is 0 Å². The number of allylic oxidation sites excluding steroid dienone is 16. The van der Waals surface area contributed by atoms with Crippen molar-refractivity contribution >= 4 is 51.1 Å². The van der Waals surface area contributed by atoms with Crippen LogP contribution in [-0.2, 0) is 69.0 Å². The molecular formula is C72H91Cl6F11Zr3. The molecule has 0 radical (unpaired) electrons. The van der Waals surface area contributed by atoms with Crippen LogP contribution >= 0.6 is 51.1 Å². The molecule has 0 N–H and O–H groups in total. The number of fused-ring (bicyclic) bond motifs is 4. The van der Waals surface area contributed by atoms with Crippen molar-refractivity contribution in [2.45, 2.75) is 147 Å². The SMILES string of the molecule is C1=CC2CCCC2C=C1.C1CCCC1.C1CCCC1.Cc1c(F)c(F)c(F)c(C2CCC3C=CC=CC32)c1F.Fc1c(F)c(F)c(C2CCC3C=CC=CC32)c(F)c1F.Fc1cccc(F)c1CC1CCC2C=CC=CC21.[CH3-].[CH3-].[CH3-].[CH3-].[CH3-].[CH3-].[Cl][Zr+2][Cl].[Cl][Zr+2][Cl].[Cl][Zr+2][Cl]. The fourth-order valence-electron chi connectivity index (χ4n) is 13.6. The molecule has 0 spiro atoms. The first-order valence-corrected chi connectivity index (χ1v) is 48.6. The van der Waals surface area contributed by atoms with Gasteiger partial charge in [0.25, 0.3) is 0 Å². The molecule has 10 aliphatic rings. The molecule has 0 amide bonds. The average molecular weight is 1650 g/mol. The van der Waals surface area contributed by atoms with Crippen molar-refractivity contribution in [2.75, 3.05) is 0 Å². The summed E-state index contributed by atoms with van der Waals surface area (Å²) in [6.45, 7) is 1.14.